The van der Waals surface area contributed by atoms with Gasteiger partial charge in [0.15, 0.2) is 17.3 Å². The minimum absolute atomic E-state index is 0.117. The zero-order valence-corrected chi connectivity index (χ0v) is 19.7. The molecular weight excluding hydrogens is 436 g/mol. The molecule has 3 aromatic rings. The van der Waals surface area contributed by atoms with Crippen LogP contribution in [0.3, 0.4) is 0 Å². The van der Waals surface area contributed by atoms with Crippen molar-refractivity contribution in [2.75, 3.05) is 44.7 Å². The molecule has 0 unspecified atom stereocenters. The number of aliphatic hydroxyl groups excluding tert-OH is 1. The highest BCUT2D eigenvalue weighted by molar-refractivity contribution is 5.60. The van der Waals surface area contributed by atoms with Gasteiger partial charge in [0, 0.05) is 24.2 Å². The van der Waals surface area contributed by atoms with Crippen molar-refractivity contribution < 1.29 is 19.3 Å². The molecule has 2 aromatic heterocycles. The molecule has 0 amide bonds. The van der Waals surface area contributed by atoms with E-state index in [0.717, 1.165) is 55.8 Å². The number of aliphatic hydroxyl groups is 1. The van der Waals surface area contributed by atoms with Crippen LogP contribution in [0.15, 0.2) is 24.7 Å². The predicted octanol–water partition coefficient (Wildman–Crippen LogP) is 2.88. The third-order valence-corrected chi connectivity index (χ3v) is 6.54. The van der Waals surface area contributed by atoms with Gasteiger partial charge in [-0.05, 0) is 32.1 Å². The lowest BCUT2D eigenvalue weighted by atomic mass is 10.2. The summed E-state index contributed by atoms with van der Waals surface area (Å²) in [4.78, 5) is 16.4. The first-order valence-electron chi connectivity index (χ1n) is 11.5. The van der Waals surface area contributed by atoms with Gasteiger partial charge in [-0.15, -0.1) is 0 Å². The molecule has 1 fully saturated rings. The van der Waals surface area contributed by atoms with E-state index in [1.807, 2.05) is 22.9 Å². The van der Waals surface area contributed by atoms with Crippen LogP contribution < -0.4 is 24.4 Å². The lowest BCUT2D eigenvalue weighted by Crippen LogP contribution is -2.33. The molecule has 1 aliphatic carbocycles. The molecule has 0 radical (unpaired) electrons. The van der Waals surface area contributed by atoms with E-state index in [1.165, 1.54) is 5.56 Å². The zero-order chi connectivity index (χ0) is 23.7. The number of aryl methyl sites for hydroxylation is 1. The third-order valence-electron chi connectivity index (χ3n) is 6.54. The molecule has 2 aliphatic rings. The second-order valence-corrected chi connectivity index (χ2v) is 8.50. The molecular formula is C24H30N6O4. The van der Waals surface area contributed by atoms with Gasteiger partial charge < -0.3 is 34.1 Å². The molecule has 1 aromatic carbocycles. The topological polar surface area (TPSA) is 107 Å². The highest BCUT2D eigenvalue weighted by Gasteiger charge is 2.30. The average Bonchev–Trinajstić information content (AvgIpc) is 3.63. The summed E-state index contributed by atoms with van der Waals surface area (Å²) in [5.41, 5.74) is 3.11. The number of fused-ring (bicyclic) bond motifs is 1. The van der Waals surface area contributed by atoms with E-state index in [2.05, 4.69) is 15.2 Å². The van der Waals surface area contributed by atoms with E-state index in [4.69, 9.17) is 24.2 Å². The van der Waals surface area contributed by atoms with Crippen molar-refractivity contribution >= 4 is 17.6 Å². The summed E-state index contributed by atoms with van der Waals surface area (Å²) in [7, 11) is 4.76. The first-order chi connectivity index (χ1) is 16.6. The van der Waals surface area contributed by atoms with Crippen LogP contribution in [0, 0.1) is 0 Å². The largest absolute Gasteiger partial charge is 0.493 e. The standard InChI is InChI=1S/C24H30N6O4/c1-32-19-10-16(11-20(33-2)22(19)34-3)29-12-21(25-14-29)27-24-26-18-8-4-7-17(18)23(28-24)30-9-5-6-15(30)13-31/h10-12,14-15,31H,4-9,13H2,1-3H3,(H,26,27,28)/t15-/m1/s1. The third kappa shape index (κ3) is 3.98. The van der Waals surface area contributed by atoms with Crippen molar-refractivity contribution in [3.63, 3.8) is 0 Å². The molecule has 1 aliphatic heterocycles. The Hall–Kier alpha value is -3.53. The summed E-state index contributed by atoms with van der Waals surface area (Å²) in [5, 5.41) is 13.1. The number of nitrogens with one attached hydrogen (secondary N) is 1. The summed E-state index contributed by atoms with van der Waals surface area (Å²) >= 11 is 0. The normalized spacial score (nSPS) is 17.1. The van der Waals surface area contributed by atoms with Gasteiger partial charge in [0.1, 0.15) is 12.1 Å². The molecule has 0 spiro atoms. The van der Waals surface area contributed by atoms with E-state index in [9.17, 15) is 5.11 Å². The van der Waals surface area contributed by atoms with Crippen LogP contribution >= 0.6 is 0 Å². The van der Waals surface area contributed by atoms with Crippen molar-refractivity contribution in [3.8, 4) is 22.9 Å². The van der Waals surface area contributed by atoms with E-state index in [0.29, 0.717) is 29.0 Å². The summed E-state index contributed by atoms with van der Waals surface area (Å²) < 4.78 is 18.2. The Balaban J connectivity index is 1.44. The van der Waals surface area contributed by atoms with Crippen molar-refractivity contribution in [2.45, 2.75) is 38.1 Å². The van der Waals surface area contributed by atoms with Gasteiger partial charge in [-0.25, -0.2) is 9.97 Å². The highest BCUT2D eigenvalue weighted by atomic mass is 16.5. The first kappa shape index (κ1) is 22.3. The number of methoxy groups -OCH3 is 3. The fraction of sp³-hybridized carbons (Fsp3) is 0.458. The Bertz CT molecular complexity index is 1160. The second kappa shape index (κ2) is 9.38. The van der Waals surface area contributed by atoms with Crippen LogP contribution in [-0.2, 0) is 12.8 Å². The van der Waals surface area contributed by atoms with Crippen LogP contribution in [0.4, 0.5) is 17.6 Å². The number of anilines is 3. The van der Waals surface area contributed by atoms with E-state index < -0.39 is 0 Å². The van der Waals surface area contributed by atoms with Gasteiger partial charge in [0.25, 0.3) is 0 Å². The van der Waals surface area contributed by atoms with Gasteiger partial charge in [-0.2, -0.15) is 4.98 Å². The molecule has 180 valence electrons. The van der Waals surface area contributed by atoms with Gasteiger partial charge in [-0.1, -0.05) is 0 Å². The Morgan fingerprint density at radius 3 is 2.56 bits per heavy atom. The molecule has 5 rings (SSSR count). The molecule has 0 saturated carbocycles. The number of hydrogen-bond donors (Lipinski definition) is 2. The maximum atomic E-state index is 9.83. The highest BCUT2D eigenvalue weighted by Crippen LogP contribution is 2.39. The van der Waals surface area contributed by atoms with Crippen LogP contribution in [-0.4, -0.2) is 65.1 Å². The number of nitrogens with zero attached hydrogens (tertiary/aromatic N) is 5. The summed E-state index contributed by atoms with van der Waals surface area (Å²) in [6.45, 7) is 1.05. The Morgan fingerprint density at radius 1 is 1.06 bits per heavy atom. The minimum atomic E-state index is 0.117. The summed E-state index contributed by atoms with van der Waals surface area (Å²) in [6, 6.07) is 3.84. The van der Waals surface area contributed by atoms with Crippen LogP contribution in [0.5, 0.6) is 17.2 Å². The molecule has 34 heavy (non-hydrogen) atoms. The zero-order valence-electron chi connectivity index (χ0n) is 19.7. The summed E-state index contributed by atoms with van der Waals surface area (Å²) in [5.74, 6) is 3.76. The number of imidazole rings is 1. The Labute approximate surface area is 198 Å². The fourth-order valence-corrected chi connectivity index (χ4v) is 4.87. The lowest BCUT2D eigenvalue weighted by molar-refractivity contribution is 0.266. The first-order valence-corrected chi connectivity index (χ1v) is 11.5. The predicted molar refractivity (Wildman–Crippen MR) is 128 cm³/mol. The van der Waals surface area contributed by atoms with Crippen LogP contribution in [0.25, 0.3) is 5.69 Å². The lowest BCUT2D eigenvalue weighted by Gasteiger charge is -2.26. The Morgan fingerprint density at radius 2 is 1.85 bits per heavy atom. The average molecular weight is 467 g/mol. The van der Waals surface area contributed by atoms with Gasteiger partial charge in [0.2, 0.25) is 11.7 Å². The van der Waals surface area contributed by atoms with Crippen molar-refractivity contribution in [1.82, 2.24) is 19.5 Å². The molecule has 10 heteroatoms. The van der Waals surface area contributed by atoms with Gasteiger partial charge in [-0.3, -0.25) is 0 Å². The molecule has 2 N–H and O–H groups in total. The number of ether oxygens (including phenoxy) is 3. The van der Waals surface area contributed by atoms with Crippen LogP contribution in [0.1, 0.15) is 30.5 Å². The van der Waals surface area contributed by atoms with Crippen LogP contribution in [0.2, 0.25) is 0 Å². The van der Waals surface area contributed by atoms with E-state index >= 15 is 0 Å². The van der Waals surface area contributed by atoms with Gasteiger partial charge >= 0.3 is 0 Å². The monoisotopic (exact) mass is 466 g/mol. The summed E-state index contributed by atoms with van der Waals surface area (Å²) in [6.07, 6.45) is 8.62. The molecule has 10 nitrogen and oxygen atoms in total. The minimum Gasteiger partial charge on any atom is -0.493 e. The second-order valence-electron chi connectivity index (χ2n) is 8.50. The maximum absolute atomic E-state index is 9.83. The quantitative estimate of drug-likeness (QED) is 0.518. The van der Waals surface area contributed by atoms with Crippen molar-refractivity contribution in [2.24, 2.45) is 0 Å². The number of rotatable bonds is 8. The maximum Gasteiger partial charge on any atom is 0.230 e. The fourth-order valence-electron chi connectivity index (χ4n) is 4.87. The van der Waals surface area contributed by atoms with Crippen molar-refractivity contribution in [3.05, 3.63) is 35.9 Å². The molecule has 1 saturated heterocycles. The van der Waals surface area contributed by atoms with E-state index in [1.54, 1.807) is 27.7 Å². The Kier molecular flexibility index (Phi) is 6.14. The van der Waals surface area contributed by atoms with E-state index in [-0.39, 0.29) is 12.6 Å². The van der Waals surface area contributed by atoms with Gasteiger partial charge in [0.05, 0.1) is 51.6 Å². The number of aromatic nitrogens is 4. The smallest absolute Gasteiger partial charge is 0.230 e. The van der Waals surface area contributed by atoms with Crippen molar-refractivity contribution in [1.29, 1.82) is 0 Å². The molecule has 1 atom stereocenters. The molecule has 0 bridgehead atoms. The number of benzene rings is 1. The molecule has 3 heterocycles. The SMILES string of the molecule is COc1cc(-n2cnc(Nc3nc4c(c(N5CCC[C@@H]5CO)n3)CCC4)c2)cc(OC)c1OC. The number of hydrogen-bond acceptors (Lipinski definition) is 9.